The number of benzene rings is 1. The second-order valence-electron chi connectivity index (χ2n) is 6.84. The molecule has 0 aliphatic carbocycles. The number of rotatable bonds is 7. The van der Waals surface area contributed by atoms with Crippen LogP contribution in [0.25, 0.3) is 0 Å². The Morgan fingerprint density at radius 2 is 1.90 bits per heavy atom. The van der Waals surface area contributed by atoms with E-state index in [4.69, 9.17) is 0 Å². The van der Waals surface area contributed by atoms with E-state index in [2.05, 4.69) is 31.6 Å². The maximum absolute atomic E-state index is 13.5. The fourth-order valence-electron chi connectivity index (χ4n) is 3.33. The lowest BCUT2D eigenvalue weighted by Crippen LogP contribution is -2.36. The Morgan fingerprint density at radius 1 is 1.14 bits per heavy atom. The molecular weight excluding hydrogens is 500 g/mol. The molecule has 1 aliphatic heterocycles. The van der Waals surface area contributed by atoms with Crippen molar-refractivity contribution in [2.75, 3.05) is 31.3 Å². The second kappa shape index (κ2) is 12.2. The van der Waals surface area contributed by atoms with Gasteiger partial charge in [0.2, 0.25) is 0 Å². The van der Waals surface area contributed by atoms with Crippen LogP contribution in [0.15, 0.2) is 41.5 Å². The Hall–Kier alpha value is -1.55. The standard InChI is InChI=1S/C21H28FN5S.HI/c1-23-21(26-14-17-5-6-19(22)12-18(17)15-28-2)25-13-16-7-8-24-20(11-16)27-9-3-4-10-27;/h5-8,11-12H,3-4,9-10,13-15H2,1-2H3,(H2,23,25,26);1H. The molecule has 0 atom stereocenters. The Balaban J connectivity index is 0.00000300. The second-order valence-corrected chi connectivity index (χ2v) is 7.71. The van der Waals surface area contributed by atoms with E-state index in [1.54, 1.807) is 24.9 Å². The summed E-state index contributed by atoms with van der Waals surface area (Å²) in [5, 5.41) is 6.68. The van der Waals surface area contributed by atoms with Gasteiger partial charge in [0, 0.05) is 45.2 Å². The number of anilines is 1. The van der Waals surface area contributed by atoms with E-state index >= 15 is 0 Å². The SMILES string of the molecule is CN=C(NCc1ccnc(N2CCCC2)c1)NCc1ccc(F)cc1CSC.I. The predicted molar refractivity (Wildman–Crippen MR) is 132 cm³/mol. The number of hydrogen-bond donors (Lipinski definition) is 2. The summed E-state index contributed by atoms with van der Waals surface area (Å²) in [7, 11) is 1.75. The number of nitrogens with zero attached hydrogens (tertiary/aromatic N) is 3. The molecule has 158 valence electrons. The molecule has 0 amide bonds. The van der Waals surface area contributed by atoms with Crippen LogP contribution in [0.2, 0.25) is 0 Å². The number of thioether (sulfide) groups is 1. The molecule has 29 heavy (non-hydrogen) atoms. The largest absolute Gasteiger partial charge is 0.357 e. The van der Waals surface area contributed by atoms with Gasteiger partial charge in [0.25, 0.3) is 0 Å². The highest BCUT2D eigenvalue weighted by atomic mass is 127. The normalized spacial score (nSPS) is 13.9. The highest BCUT2D eigenvalue weighted by Gasteiger charge is 2.13. The van der Waals surface area contributed by atoms with E-state index < -0.39 is 0 Å². The van der Waals surface area contributed by atoms with Crippen molar-refractivity contribution in [3.63, 3.8) is 0 Å². The van der Waals surface area contributed by atoms with Crippen LogP contribution >= 0.6 is 35.7 Å². The van der Waals surface area contributed by atoms with Gasteiger partial charge in [-0.1, -0.05) is 6.07 Å². The summed E-state index contributed by atoms with van der Waals surface area (Å²) >= 11 is 1.69. The van der Waals surface area contributed by atoms with Crippen LogP contribution in [0.4, 0.5) is 10.2 Å². The summed E-state index contributed by atoms with van der Waals surface area (Å²) in [5.41, 5.74) is 3.27. The Morgan fingerprint density at radius 3 is 2.62 bits per heavy atom. The smallest absolute Gasteiger partial charge is 0.191 e. The highest BCUT2D eigenvalue weighted by Crippen LogP contribution is 2.19. The molecular formula is C21H29FIN5S. The summed E-state index contributed by atoms with van der Waals surface area (Å²) in [6.45, 7) is 3.45. The fraction of sp³-hybridized carbons (Fsp3) is 0.429. The van der Waals surface area contributed by atoms with Crippen LogP contribution in [0.3, 0.4) is 0 Å². The molecule has 5 nitrogen and oxygen atoms in total. The highest BCUT2D eigenvalue weighted by molar-refractivity contribution is 14.0. The van der Waals surface area contributed by atoms with E-state index in [1.165, 1.54) is 24.5 Å². The van der Waals surface area contributed by atoms with Crippen molar-refractivity contribution >= 4 is 47.5 Å². The van der Waals surface area contributed by atoms with Gasteiger partial charge in [-0.2, -0.15) is 11.8 Å². The van der Waals surface area contributed by atoms with Crippen molar-refractivity contribution < 1.29 is 4.39 Å². The molecule has 8 heteroatoms. The van der Waals surface area contributed by atoms with Crippen LogP contribution in [0.1, 0.15) is 29.5 Å². The molecule has 1 saturated heterocycles. The molecule has 0 unspecified atom stereocenters. The first-order chi connectivity index (χ1) is 13.7. The van der Waals surface area contributed by atoms with E-state index in [0.717, 1.165) is 41.7 Å². The minimum atomic E-state index is -0.193. The van der Waals surface area contributed by atoms with E-state index in [-0.39, 0.29) is 29.8 Å². The zero-order valence-electron chi connectivity index (χ0n) is 16.9. The van der Waals surface area contributed by atoms with Crippen LogP contribution < -0.4 is 15.5 Å². The number of nitrogens with one attached hydrogen (secondary N) is 2. The number of aliphatic imine (C=N–C) groups is 1. The topological polar surface area (TPSA) is 52.6 Å². The van der Waals surface area contributed by atoms with Gasteiger partial charge in [0.15, 0.2) is 5.96 Å². The minimum Gasteiger partial charge on any atom is -0.357 e. The molecule has 0 bridgehead atoms. The summed E-state index contributed by atoms with van der Waals surface area (Å²) in [6.07, 6.45) is 6.37. The van der Waals surface area contributed by atoms with Gasteiger partial charge < -0.3 is 15.5 Å². The Labute approximate surface area is 194 Å². The minimum absolute atomic E-state index is 0. The molecule has 1 fully saturated rings. The summed E-state index contributed by atoms with van der Waals surface area (Å²) in [5.74, 6) is 2.37. The average molecular weight is 529 g/mol. The van der Waals surface area contributed by atoms with Crippen LogP contribution in [-0.4, -0.2) is 37.3 Å². The quantitative estimate of drug-likeness (QED) is 0.321. The zero-order chi connectivity index (χ0) is 19.8. The first-order valence-electron chi connectivity index (χ1n) is 9.60. The van der Waals surface area contributed by atoms with Crippen LogP contribution in [-0.2, 0) is 18.8 Å². The first-order valence-corrected chi connectivity index (χ1v) is 11.0. The molecule has 1 aromatic heterocycles. The zero-order valence-corrected chi connectivity index (χ0v) is 20.1. The Bertz CT molecular complexity index is 811. The molecule has 1 aromatic carbocycles. The van der Waals surface area contributed by atoms with Crippen molar-refractivity contribution in [2.45, 2.75) is 31.7 Å². The van der Waals surface area contributed by atoms with Crippen molar-refractivity contribution in [3.8, 4) is 0 Å². The predicted octanol–water partition coefficient (Wildman–Crippen LogP) is 4.17. The number of pyridine rings is 1. The van der Waals surface area contributed by atoms with Crippen molar-refractivity contribution in [2.24, 2.45) is 4.99 Å². The van der Waals surface area contributed by atoms with E-state index in [1.807, 2.05) is 24.6 Å². The van der Waals surface area contributed by atoms with Crippen LogP contribution in [0, 0.1) is 5.82 Å². The summed E-state index contributed by atoms with van der Waals surface area (Å²) < 4.78 is 13.5. The molecule has 2 aromatic rings. The first kappa shape index (κ1) is 23.7. The van der Waals surface area contributed by atoms with Gasteiger partial charge in [0.05, 0.1) is 0 Å². The van der Waals surface area contributed by atoms with Gasteiger partial charge in [-0.05, 0) is 60.1 Å². The van der Waals surface area contributed by atoms with Gasteiger partial charge in [-0.15, -0.1) is 24.0 Å². The van der Waals surface area contributed by atoms with Crippen molar-refractivity contribution in [1.82, 2.24) is 15.6 Å². The molecule has 3 rings (SSSR count). The molecule has 1 aliphatic rings. The molecule has 2 heterocycles. The van der Waals surface area contributed by atoms with Gasteiger partial charge >= 0.3 is 0 Å². The van der Waals surface area contributed by atoms with E-state index in [0.29, 0.717) is 13.1 Å². The molecule has 0 spiro atoms. The number of aromatic nitrogens is 1. The lowest BCUT2D eigenvalue weighted by molar-refractivity contribution is 0.625. The third kappa shape index (κ3) is 7.02. The number of hydrogen-bond acceptors (Lipinski definition) is 4. The summed E-state index contributed by atoms with van der Waals surface area (Å²) in [4.78, 5) is 11.1. The lowest BCUT2D eigenvalue weighted by Gasteiger charge is -2.18. The molecule has 2 N–H and O–H groups in total. The molecule has 0 saturated carbocycles. The van der Waals surface area contributed by atoms with Crippen LogP contribution in [0.5, 0.6) is 0 Å². The Kier molecular flexibility index (Phi) is 9.99. The maximum Gasteiger partial charge on any atom is 0.191 e. The molecule has 0 radical (unpaired) electrons. The lowest BCUT2D eigenvalue weighted by atomic mass is 10.1. The number of halogens is 2. The summed E-state index contributed by atoms with van der Waals surface area (Å²) in [6, 6.07) is 9.12. The average Bonchev–Trinajstić information content (AvgIpc) is 3.25. The van der Waals surface area contributed by atoms with Gasteiger partial charge in [-0.25, -0.2) is 9.37 Å². The monoisotopic (exact) mass is 529 g/mol. The van der Waals surface area contributed by atoms with Gasteiger partial charge in [0.1, 0.15) is 11.6 Å². The third-order valence-corrected chi connectivity index (χ3v) is 5.44. The maximum atomic E-state index is 13.5. The van der Waals surface area contributed by atoms with E-state index in [9.17, 15) is 4.39 Å². The fourth-order valence-corrected chi connectivity index (χ4v) is 3.91. The third-order valence-electron chi connectivity index (χ3n) is 4.84. The van der Waals surface area contributed by atoms with Crippen molar-refractivity contribution in [3.05, 3.63) is 59.0 Å². The van der Waals surface area contributed by atoms with Crippen molar-refractivity contribution in [1.29, 1.82) is 0 Å². The van der Waals surface area contributed by atoms with Gasteiger partial charge in [-0.3, -0.25) is 4.99 Å². The number of guanidine groups is 1.